The lowest BCUT2D eigenvalue weighted by Gasteiger charge is -2.18. The molecule has 0 amide bonds. The zero-order valence-electron chi connectivity index (χ0n) is 8.61. The largest absolute Gasteiger partial charge is 0.419 e. The van der Waals surface area contributed by atoms with Gasteiger partial charge in [0.25, 0.3) is 0 Å². The molecule has 1 aromatic rings. The average Bonchev–Trinajstić information content (AvgIpc) is 2.27. The van der Waals surface area contributed by atoms with Crippen LogP contribution in [-0.4, -0.2) is 9.78 Å². The number of nitrogens with zero attached hydrogens (tertiary/aromatic N) is 2. The highest BCUT2D eigenvalue weighted by Gasteiger charge is 2.38. The monoisotopic (exact) mass is 206 g/mol. The van der Waals surface area contributed by atoms with E-state index in [0.29, 0.717) is 0 Å². The Morgan fingerprint density at radius 1 is 1.21 bits per heavy atom. The molecular formula is C9H13F3N2. The van der Waals surface area contributed by atoms with Crippen LogP contribution in [0.1, 0.15) is 32.0 Å². The van der Waals surface area contributed by atoms with Crippen LogP contribution in [0.4, 0.5) is 13.2 Å². The van der Waals surface area contributed by atoms with Gasteiger partial charge in [0, 0.05) is 18.7 Å². The van der Waals surface area contributed by atoms with E-state index in [1.54, 1.807) is 20.8 Å². The summed E-state index contributed by atoms with van der Waals surface area (Å²) in [6.07, 6.45) is -3.31. The van der Waals surface area contributed by atoms with Crippen LogP contribution in [0.3, 0.4) is 0 Å². The van der Waals surface area contributed by atoms with Crippen LogP contribution in [-0.2, 0) is 18.6 Å². The molecule has 0 spiro atoms. The normalized spacial score (nSPS) is 13.4. The third-order valence-electron chi connectivity index (χ3n) is 1.84. The van der Waals surface area contributed by atoms with Crippen molar-refractivity contribution in [2.75, 3.05) is 0 Å². The van der Waals surface area contributed by atoms with Crippen LogP contribution in [0.5, 0.6) is 0 Å². The van der Waals surface area contributed by atoms with E-state index in [9.17, 15) is 13.2 Å². The molecular weight excluding hydrogens is 193 g/mol. The Hall–Kier alpha value is -1.00. The quantitative estimate of drug-likeness (QED) is 0.638. The van der Waals surface area contributed by atoms with E-state index in [-0.39, 0.29) is 5.69 Å². The van der Waals surface area contributed by atoms with Crippen molar-refractivity contribution in [3.63, 3.8) is 0 Å². The van der Waals surface area contributed by atoms with Gasteiger partial charge in [-0.2, -0.15) is 18.3 Å². The number of hydrogen-bond acceptors (Lipinski definition) is 1. The zero-order chi connectivity index (χ0) is 11.1. The summed E-state index contributed by atoms with van der Waals surface area (Å²) >= 11 is 0. The first-order valence-corrected chi connectivity index (χ1v) is 4.23. The molecule has 0 saturated heterocycles. The van der Waals surface area contributed by atoms with Gasteiger partial charge in [0.1, 0.15) is 0 Å². The summed E-state index contributed by atoms with van der Waals surface area (Å²) in [6.45, 7) is 5.14. The zero-order valence-corrected chi connectivity index (χ0v) is 8.61. The Morgan fingerprint density at radius 3 is 2.00 bits per heavy atom. The second kappa shape index (κ2) is 3.00. The maximum absolute atomic E-state index is 12.5. The van der Waals surface area contributed by atoms with Gasteiger partial charge in [0.15, 0.2) is 0 Å². The van der Waals surface area contributed by atoms with Gasteiger partial charge >= 0.3 is 6.18 Å². The van der Waals surface area contributed by atoms with E-state index in [4.69, 9.17) is 0 Å². The van der Waals surface area contributed by atoms with Gasteiger partial charge in [-0.05, 0) is 0 Å². The molecule has 0 aliphatic heterocycles. The summed E-state index contributed by atoms with van der Waals surface area (Å²) in [6, 6.07) is 0. The van der Waals surface area contributed by atoms with Crippen LogP contribution >= 0.6 is 0 Å². The summed E-state index contributed by atoms with van der Waals surface area (Å²) in [5.41, 5.74) is -1.15. The highest BCUT2D eigenvalue weighted by Crippen LogP contribution is 2.36. The van der Waals surface area contributed by atoms with Gasteiger partial charge in [0.05, 0.1) is 11.3 Å². The summed E-state index contributed by atoms with van der Waals surface area (Å²) in [5, 5.41) is 3.85. The van der Waals surface area contributed by atoms with Crippen molar-refractivity contribution in [3.05, 3.63) is 17.5 Å². The summed E-state index contributed by atoms with van der Waals surface area (Å²) in [4.78, 5) is 0. The van der Waals surface area contributed by atoms with E-state index in [2.05, 4.69) is 5.10 Å². The minimum Gasteiger partial charge on any atom is -0.275 e. The number of aromatic nitrogens is 2. The smallest absolute Gasteiger partial charge is 0.275 e. The Balaban J connectivity index is 3.31. The van der Waals surface area contributed by atoms with Crippen LogP contribution in [0, 0.1) is 0 Å². The van der Waals surface area contributed by atoms with E-state index in [0.717, 1.165) is 6.20 Å². The lowest BCUT2D eigenvalue weighted by atomic mass is 9.89. The number of hydrogen-bond donors (Lipinski definition) is 0. The predicted molar refractivity (Wildman–Crippen MR) is 46.9 cm³/mol. The van der Waals surface area contributed by atoms with E-state index < -0.39 is 17.2 Å². The number of rotatable bonds is 0. The van der Waals surface area contributed by atoms with E-state index >= 15 is 0 Å². The first kappa shape index (κ1) is 11.1. The Labute approximate surface area is 80.7 Å². The summed E-state index contributed by atoms with van der Waals surface area (Å²) in [7, 11) is 1.49. The number of aryl methyl sites for hydroxylation is 1. The summed E-state index contributed by atoms with van der Waals surface area (Å²) in [5.74, 6) is 0. The highest BCUT2D eigenvalue weighted by molar-refractivity contribution is 5.26. The van der Waals surface area contributed by atoms with Crippen molar-refractivity contribution in [1.29, 1.82) is 0 Å². The molecule has 80 valence electrons. The van der Waals surface area contributed by atoms with E-state index in [1.807, 2.05) is 0 Å². The van der Waals surface area contributed by atoms with Gasteiger partial charge in [0.2, 0.25) is 0 Å². The fourth-order valence-electron chi connectivity index (χ4n) is 1.25. The van der Waals surface area contributed by atoms with Crippen molar-refractivity contribution in [1.82, 2.24) is 9.78 Å². The maximum Gasteiger partial charge on any atom is 0.419 e. The Morgan fingerprint density at radius 2 is 1.71 bits per heavy atom. The Bertz CT molecular complexity index is 299. The van der Waals surface area contributed by atoms with Gasteiger partial charge in [-0.3, -0.25) is 4.68 Å². The molecule has 0 aliphatic carbocycles. The molecule has 14 heavy (non-hydrogen) atoms. The molecule has 0 N–H and O–H groups in total. The van der Waals surface area contributed by atoms with Gasteiger partial charge in [-0.25, -0.2) is 0 Å². The van der Waals surface area contributed by atoms with Crippen molar-refractivity contribution in [2.24, 2.45) is 7.05 Å². The van der Waals surface area contributed by atoms with Crippen molar-refractivity contribution in [3.8, 4) is 0 Å². The highest BCUT2D eigenvalue weighted by atomic mass is 19.4. The van der Waals surface area contributed by atoms with Crippen LogP contribution < -0.4 is 0 Å². The van der Waals surface area contributed by atoms with Gasteiger partial charge in [-0.1, -0.05) is 20.8 Å². The minimum atomic E-state index is -4.32. The van der Waals surface area contributed by atoms with Crippen molar-refractivity contribution < 1.29 is 13.2 Å². The standard InChI is InChI=1S/C9H13F3N2/c1-8(2,3)7-6(9(10,11)12)5-14(4)13-7/h5H,1-4H3. The molecule has 0 fully saturated rings. The average molecular weight is 206 g/mol. The molecule has 0 bridgehead atoms. The number of halogens is 3. The third kappa shape index (κ3) is 2.08. The van der Waals surface area contributed by atoms with Crippen LogP contribution in [0.15, 0.2) is 6.20 Å². The first-order chi connectivity index (χ1) is 6.12. The second-order valence-electron chi connectivity index (χ2n) is 4.31. The maximum atomic E-state index is 12.5. The van der Waals surface area contributed by atoms with Crippen molar-refractivity contribution >= 4 is 0 Å². The SMILES string of the molecule is Cn1cc(C(F)(F)F)c(C(C)(C)C)n1. The lowest BCUT2D eigenvalue weighted by molar-refractivity contribution is -0.138. The first-order valence-electron chi connectivity index (χ1n) is 4.23. The lowest BCUT2D eigenvalue weighted by Crippen LogP contribution is -2.18. The fraction of sp³-hybridized carbons (Fsp3) is 0.667. The Kier molecular flexibility index (Phi) is 2.37. The van der Waals surface area contributed by atoms with Crippen molar-refractivity contribution in [2.45, 2.75) is 32.4 Å². The van der Waals surface area contributed by atoms with Crippen LogP contribution in [0.2, 0.25) is 0 Å². The summed E-state index contributed by atoms with van der Waals surface area (Å²) < 4.78 is 38.8. The number of alkyl halides is 3. The molecule has 0 aromatic carbocycles. The fourth-order valence-corrected chi connectivity index (χ4v) is 1.25. The molecule has 2 nitrogen and oxygen atoms in total. The molecule has 0 unspecified atom stereocenters. The van der Waals surface area contributed by atoms with E-state index in [1.165, 1.54) is 11.7 Å². The molecule has 1 rings (SSSR count). The molecule has 1 aromatic heterocycles. The molecule has 0 atom stereocenters. The molecule has 0 aliphatic rings. The third-order valence-corrected chi connectivity index (χ3v) is 1.84. The van der Waals surface area contributed by atoms with Gasteiger partial charge in [-0.15, -0.1) is 0 Å². The van der Waals surface area contributed by atoms with Gasteiger partial charge < -0.3 is 0 Å². The molecule has 0 saturated carbocycles. The predicted octanol–water partition coefficient (Wildman–Crippen LogP) is 2.74. The second-order valence-corrected chi connectivity index (χ2v) is 4.31. The minimum absolute atomic E-state index is 0.0903. The molecule has 1 heterocycles. The topological polar surface area (TPSA) is 17.8 Å². The molecule has 5 heteroatoms. The van der Waals surface area contributed by atoms with Crippen LogP contribution in [0.25, 0.3) is 0 Å². The molecule has 0 radical (unpaired) electrons.